The van der Waals surface area contributed by atoms with Gasteiger partial charge in [-0.25, -0.2) is 8.42 Å². The van der Waals surface area contributed by atoms with Gasteiger partial charge in [-0.3, -0.25) is 0 Å². The third kappa shape index (κ3) is 3.71. The fraction of sp³-hybridized carbons (Fsp3) is 0.300. The molecule has 0 spiro atoms. The van der Waals surface area contributed by atoms with E-state index in [4.69, 9.17) is 0 Å². The average molecular weight is 227 g/mol. The van der Waals surface area contributed by atoms with Crippen molar-refractivity contribution < 1.29 is 18.3 Å². The highest BCUT2D eigenvalue weighted by molar-refractivity contribution is 7.90. The molecule has 0 bridgehead atoms. The molecule has 0 aliphatic rings. The maximum absolute atomic E-state index is 11.1. The predicted molar refractivity (Wildman–Crippen MR) is 52.9 cm³/mol. The van der Waals surface area contributed by atoms with E-state index < -0.39 is 15.8 Å². The molecule has 0 unspecified atom stereocenters. The number of carboxylic acids is 1. The van der Waals surface area contributed by atoms with Crippen molar-refractivity contribution in [1.82, 2.24) is 0 Å². The Kier molecular flexibility index (Phi) is 3.47. The molecule has 0 aliphatic carbocycles. The van der Waals surface area contributed by atoms with E-state index in [1.807, 2.05) is 0 Å². The SMILES string of the molecule is CS(=O)(=O)c1ccc(CCC(=O)[O-])cc1. The highest BCUT2D eigenvalue weighted by Crippen LogP contribution is 2.11. The molecule has 0 aliphatic heterocycles. The summed E-state index contributed by atoms with van der Waals surface area (Å²) in [6.07, 6.45) is 1.42. The minimum absolute atomic E-state index is 0.0573. The van der Waals surface area contributed by atoms with Crippen LogP contribution in [0.1, 0.15) is 12.0 Å². The molecular weight excluding hydrogens is 216 g/mol. The summed E-state index contributed by atoms with van der Waals surface area (Å²) in [7, 11) is -3.18. The minimum atomic E-state index is -3.18. The fourth-order valence-corrected chi connectivity index (χ4v) is 1.78. The molecule has 0 radical (unpaired) electrons. The molecule has 5 heteroatoms. The van der Waals surface area contributed by atoms with E-state index in [1.54, 1.807) is 12.1 Å². The number of rotatable bonds is 4. The van der Waals surface area contributed by atoms with Crippen LogP contribution in [0.2, 0.25) is 0 Å². The summed E-state index contributed by atoms with van der Waals surface area (Å²) in [6.45, 7) is 0. The highest BCUT2D eigenvalue weighted by Gasteiger charge is 2.05. The van der Waals surface area contributed by atoms with Crippen LogP contribution in [0.25, 0.3) is 0 Å². The Morgan fingerprint density at radius 1 is 1.27 bits per heavy atom. The number of sulfone groups is 1. The van der Waals surface area contributed by atoms with Crippen molar-refractivity contribution in [2.75, 3.05) is 6.26 Å². The first kappa shape index (κ1) is 11.7. The quantitative estimate of drug-likeness (QED) is 0.712. The molecule has 4 nitrogen and oxygen atoms in total. The normalized spacial score (nSPS) is 11.3. The van der Waals surface area contributed by atoms with E-state index >= 15 is 0 Å². The van der Waals surface area contributed by atoms with Crippen molar-refractivity contribution in [3.05, 3.63) is 29.8 Å². The van der Waals surface area contributed by atoms with Gasteiger partial charge in [0.15, 0.2) is 9.84 Å². The van der Waals surface area contributed by atoms with Crippen LogP contribution in [0.3, 0.4) is 0 Å². The van der Waals surface area contributed by atoms with Crippen LogP contribution in [0.4, 0.5) is 0 Å². The van der Waals surface area contributed by atoms with Gasteiger partial charge in [-0.1, -0.05) is 12.1 Å². The largest absolute Gasteiger partial charge is 0.550 e. The minimum Gasteiger partial charge on any atom is -0.550 e. The lowest BCUT2D eigenvalue weighted by atomic mass is 10.1. The van der Waals surface area contributed by atoms with E-state index in [2.05, 4.69) is 0 Å². The van der Waals surface area contributed by atoms with Gasteiger partial charge in [-0.15, -0.1) is 0 Å². The monoisotopic (exact) mass is 227 g/mol. The number of hydrogen-bond acceptors (Lipinski definition) is 4. The molecule has 82 valence electrons. The number of aliphatic carboxylic acids is 1. The summed E-state index contributed by atoms with van der Waals surface area (Å²) in [4.78, 5) is 10.4. The first-order valence-corrected chi connectivity index (χ1v) is 6.27. The van der Waals surface area contributed by atoms with E-state index in [1.165, 1.54) is 12.1 Å². The van der Waals surface area contributed by atoms with Crippen molar-refractivity contribution in [3.8, 4) is 0 Å². The molecule has 1 rings (SSSR count). The van der Waals surface area contributed by atoms with Gasteiger partial charge in [0.25, 0.3) is 0 Å². The fourth-order valence-electron chi connectivity index (χ4n) is 1.15. The Morgan fingerprint density at radius 3 is 2.20 bits per heavy atom. The molecule has 0 fully saturated rings. The van der Waals surface area contributed by atoms with Crippen LogP contribution >= 0.6 is 0 Å². The van der Waals surface area contributed by atoms with E-state index in [9.17, 15) is 18.3 Å². The summed E-state index contributed by atoms with van der Waals surface area (Å²) in [5, 5.41) is 10.2. The summed E-state index contributed by atoms with van der Waals surface area (Å²) in [5.41, 5.74) is 0.784. The van der Waals surface area contributed by atoms with Crippen molar-refractivity contribution >= 4 is 15.8 Å². The molecule has 0 saturated carbocycles. The van der Waals surface area contributed by atoms with Gasteiger partial charge in [0.1, 0.15) is 0 Å². The number of benzene rings is 1. The molecule has 0 atom stereocenters. The first-order valence-electron chi connectivity index (χ1n) is 4.38. The van der Waals surface area contributed by atoms with Gasteiger partial charge in [0.05, 0.1) is 4.90 Å². The standard InChI is InChI=1S/C10H12O4S/c1-15(13,14)9-5-2-8(3-6-9)4-7-10(11)12/h2-3,5-6H,4,7H2,1H3,(H,11,12)/p-1. The Morgan fingerprint density at radius 2 is 1.80 bits per heavy atom. The molecular formula is C10H11O4S-. The average Bonchev–Trinajstić information content (AvgIpc) is 2.14. The Bertz CT molecular complexity index is 445. The summed E-state index contributed by atoms with van der Waals surface area (Å²) in [6, 6.07) is 6.17. The van der Waals surface area contributed by atoms with E-state index in [-0.39, 0.29) is 11.3 Å². The van der Waals surface area contributed by atoms with Gasteiger partial charge in [-0.2, -0.15) is 0 Å². The number of carboxylic acid groups (broad SMARTS) is 1. The third-order valence-electron chi connectivity index (χ3n) is 1.97. The Hall–Kier alpha value is -1.36. The van der Waals surface area contributed by atoms with Gasteiger partial charge < -0.3 is 9.90 Å². The van der Waals surface area contributed by atoms with Crippen LogP contribution in [-0.4, -0.2) is 20.6 Å². The predicted octanol–water partition coefficient (Wildman–Crippen LogP) is -0.227. The molecule has 0 amide bonds. The smallest absolute Gasteiger partial charge is 0.175 e. The van der Waals surface area contributed by atoms with Crippen LogP contribution in [0.15, 0.2) is 29.2 Å². The Balaban J connectivity index is 2.77. The second kappa shape index (κ2) is 4.44. The number of carbonyl (C=O) groups excluding carboxylic acids is 1. The molecule has 15 heavy (non-hydrogen) atoms. The van der Waals surface area contributed by atoms with Crippen LogP contribution in [0, 0.1) is 0 Å². The topological polar surface area (TPSA) is 74.3 Å². The highest BCUT2D eigenvalue weighted by atomic mass is 32.2. The van der Waals surface area contributed by atoms with Crippen molar-refractivity contribution in [3.63, 3.8) is 0 Å². The summed E-state index contributed by atoms with van der Waals surface area (Å²) >= 11 is 0. The molecule has 0 heterocycles. The van der Waals surface area contributed by atoms with E-state index in [0.717, 1.165) is 11.8 Å². The lowest BCUT2D eigenvalue weighted by Crippen LogP contribution is -2.22. The maximum Gasteiger partial charge on any atom is 0.175 e. The molecule has 0 saturated heterocycles. The van der Waals surface area contributed by atoms with Crippen molar-refractivity contribution in [2.24, 2.45) is 0 Å². The lowest BCUT2D eigenvalue weighted by Gasteiger charge is -2.03. The number of hydrogen-bond donors (Lipinski definition) is 0. The summed E-state index contributed by atoms with van der Waals surface area (Å²) < 4.78 is 22.2. The van der Waals surface area contributed by atoms with Gasteiger partial charge in [0, 0.05) is 12.2 Å². The molecule has 0 aromatic heterocycles. The zero-order valence-electron chi connectivity index (χ0n) is 8.26. The van der Waals surface area contributed by atoms with Gasteiger partial charge in [0.2, 0.25) is 0 Å². The van der Waals surface area contributed by atoms with Gasteiger partial charge >= 0.3 is 0 Å². The molecule has 0 N–H and O–H groups in total. The van der Waals surface area contributed by atoms with Crippen molar-refractivity contribution in [2.45, 2.75) is 17.7 Å². The number of aryl methyl sites for hydroxylation is 1. The molecule has 1 aromatic rings. The Labute approximate surface area is 88.5 Å². The van der Waals surface area contributed by atoms with Gasteiger partial charge in [-0.05, 0) is 30.5 Å². The molecule has 1 aromatic carbocycles. The third-order valence-corrected chi connectivity index (χ3v) is 3.10. The maximum atomic E-state index is 11.1. The van der Waals surface area contributed by atoms with Crippen LogP contribution < -0.4 is 5.11 Å². The summed E-state index contributed by atoms with van der Waals surface area (Å²) in [5.74, 6) is -1.11. The van der Waals surface area contributed by atoms with Crippen LogP contribution in [0.5, 0.6) is 0 Å². The second-order valence-electron chi connectivity index (χ2n) is 3.29. The lowest BCUT2D eigenvalue weighted by molar-refractivity contribution is -0.305. The zero-order chi connectivity index (χ0) is 11.5. The van der Waals surface area contributed by atoms with E-state index in [0.29, 0.717) is 6.42 Å². The zero-order valence-corrected chi connectivity index (χ0v) is 9.08. The van der Waals surface area contributed by atoms with Crippen molar-refractivity contribution in [1.29, 1.82) is 0 Å². The van der Waals surface area contributed by atoms with Crippen LogP contribution in [-0.2, 0) is 21.1 Å². The first-order chi connectivity index (χ1) is 6.89. The number of carbonyl (C=O) groups is 1. The second-order valence-corrected chi connectivity index (χ2v) is 5.30.